The second-order valence-corrected chi connectivity index (χ2v) is 4.96. The summed E-state index contributed by atoms with van der Waals surface area (Å²) in [7, 11) is 0. The van der Waals surface area contributed by atoms with Gasteiger partial charge in [0.15, 0.2) is 5.13 Å². The molecule has 0 radical (unpaired) electrons. The first-order valence-corrected chi connectivity index (χ1v) is 6.40. The number of fused-ring (bicyclic) bond motifs is 1. The molecule has 0 aliphatic carbocycles. The third-order valence-corrected chi connectivity index (χ3v) is 3.90. The molecule has 0 atom stereocenters. The van der Waals surface area contributed by atoms with Gasteiger partial charge in [0.25, 0.3) is 0 Å². The predicted molar refractivity (Wildman–Crippen MR) is 67.2 cm³/mol. The number of para-hydroxylation sites is 1. The van der Waals surface area contributed by atoms with Crippen LogP contribution in [0.3, 0.4) is 0 Å². The fourth-order valence-corrected chi connectivity index (χ4v) is 2.91. The Labute approximate surface area is 98.7 Å². The molecule has 16 heavy (non-hydrogen) atoms. The quantitative estimate of drug-likeness (QED) is 0.816. The maximum Gasteiger partial charge on any atom is 0.186 e. The summed E-state index contributed by atoms with van der Waals surface area (Å²) in [6.45, 7) is 4.81. The Kier molecular flexibility index (Phi) is 2.53. The van der Waals surface area contributed by atoms with Crippen molar-refractivity contribution in [2.24, 2.45) is 0 Å². The van der Waals surface area contributed by atoms with Gasteiger partial charge in [0, 0.05) is 19.7 Å². The van der Waals surface area contributed by atoms with Crippen molar-refractivity contribution in [1.29, 1.82) is 0 Å². The minimum Gasteiger partial charge on any atom is -0.375 e. The molecule has 0 spiro atoms. The van der Waals surface area contributed by atoms with E-state index in [1.165, 1.54) is 4.70 Å². The Hall–Kier alpha value is -1.13. The molecule has 3 nitrogen and oxygen atoms in total. The first-order chi connectivity index (χ1) is 7.86. The largest absolute Gasteiger partial charge is 0.375 e. The molecule has 4 heteroatoms. The summed E-state index contributed by atoms with van der Waals surface area (Å²) in [5.41, 5.74) is 1.10. The second kappa shape index (κ2) is 4.03. The van der Waals surface area contributed by atoms with E-state index in [0.29, 0.717) is 6.10 Å². The van der Waals surface area contributed by atoms with E-state index in [4.69, 9.17) is 4.74 Å². The highest BCUT2D eigenvalue weighted by Gasteiger charge is 2.29. The SMILES string of the molecule is CCOC1CN(c2nc3ccccc3s2)C1. The minimum absolute atomic E-state index is 0.400. The number of hydrogen-bond acceptors (Lipinski definition) is 4. The van der Waals surface area contributed by atoms with E-state index in [1.807, 2.05) is 13.0 Å². The average Bonchev–Trinajstić information content (AvgIpc) is 2.65. The van der Waals surface area contributed by atoms with Crippen LogP contribution in [0.1, 0.15) is 6.92 Å². The van der Waals surface area contributed by atoms with Crippen LogP contribution in [0.2, 0.25) is 0 Å². The molecule has 0 amide bonds. The first kappa shape index (κ1) is 10.1. The number of hydrogen-bond donors (Lipinski definition) is 0. The minimum atomic E-state index is 0.400. The van der Waals surface area contributed by atoms with E-state index in [1.54, 1.807) is 11.3 Å². The molecule has 84 valence electrons. The van der Waals surface area contributed by atoms with Gasteiger partial charge in [0.1, 0.15) is 0 Å². The Balaban J connectivity index is 1.76. The lowest BCUT2D eigenvalue weighted by molar-refractivity contribution is 0.0431. The molecule has 0 saturated carbocycles. The molecule has 0 N–H and O–H groups in total. The van der Waals surface area contributed by atoms with Gasteiger partial charge >= 0.3 is 0 Å². The second-order valence-electron chi connectivity index (χ2n) is 3.95. The van der Waals surface area contributed by atoms with Crippen LogP contribution in [0.15, 0.2) is 24.3 Å². The third kappa shape index (κ3) is 1.68. The molecule has 0 unspecified atom stereocenters. The normalized spacial score (nSPS) is 16.7. The van der Waals surface area contributed by atoms with E-state index in [-0.39, 0.29) is 0 Å². The van der Waals surface area contributed by atoms with Gasteiger partial charge in [0.2, 0.25) is 0 Å². The number of ether oxygens (including phenoxy) is 1. The Morgan fingerprint density at radius 3 is 3.00 bits per heavy atom. The lowest BCUT2D eigenvalue weighted by Crippen LogP contribution is -2.52. The van der Waals surface area contributed by atoms with Gasteiger partial charge in [-0.2, -0.15) is 0 Å². The molecule has 1 aromatic carbocycles. The van der Waals surface area contributed by atoms with Gasteiger partial charge in [-0.15, -0.1) is 0 Å². The molecule has 2 heterocycles. The molecule has 1 saturated heterocycles. The highest BCUT2D eigenvalue weighted by molar-refractivity contribution is 7.22. The van der Waals surface area contributed by atoms with Crippen LogP contribution in [-0.2, 0) is 4.74 Å². The highest BCUT2D eigenvalue weighted by atomic mass is 32.1. The van der Waals surface area contributed by atoms with Crippen LogP contribution in [-0.4, -0.2) is 30.8 Å². The molecule has 1 fully saturated rings. The number of thiazole rings is 1. The van der Waals surface area contributed by atoms with Gasteiger partial charge in [-0.05, 0) is 19.1 Å². The average molecular weight is 234 g/mol. The standard InChI is InChI=1S/C12H14N2OS/c1-2-15-9-7-14(8-9)12-13-10-5-3-4-6-11(10)16-12/h3-6,9H,2,7-8H2,1H3. The summed E-state index contributed by atoms with van der Waals surface area (Å²) >= 11 is 1.76. The van der Waals surface area contributed by atoms with Crippen LogP contribution in [0.5, 0.6) is 0 Å². The zero-order chi connectivity index (χ0) is 11.0. The Bertz CT molecular complexity index is 457. The van der Waals surface area contributed by atoms with Crippen LogP contribution < -0.4 is 4.90 Å². The van der Waals surface area contributed by atoms with Crippen LogP contribution >= 0.6 is 11.3 Å². The van der Waals surface area contributed by atoms with Crippen molar-refractivity contribution in [1.82, 2.24) is 4.98 Å². The first-order valence-electron chi connectivity index (χ1n) is 5.59. The fourth-order valence-electron chi connectivity index (χ4n) is 1.93. The molecule has 3 rings (SSSR count). The van der Waals surface area contributed by atoms with Gasteiger partial charge in [-0.3, -0.25) is 0 Å². The molecular formula is C12H14N2OS. The Morgan fingerprint density at radius 2 is 2.25 bits per heavy atom. The van der Waals surface area contributed by atoms with Gasteiger partial charge in [-0.25, -0.2) is 4.98 Å². The molecule has 1 aliphatic rings. The van der Waals surface area contributed by atoms with E-state index in [9.17, 15) is 0 Å². The van der Waals surface area contributed by atoms with Crippen LogP contribution in [0.4, 0.5) is 5.13 Å². The topological polar surface area (TPSA) is 25.4 Å². The maximum absolute atomic E-state index is 5.54. The van der Waals surface area contributed by atoms with E-state index < -0.39 is 0 Å². The summed E-state index contributed by atoms with van der Waals surface area (Å²) in [5.74, 6) is 0. The zero-order valence-corrected chi connectivity index (χ0v) is 10.0. The monoisotopic (exact) mass is 234 g/mol. The van der Waals surface area contributed by atoms with Gasteiger partial charge < -0.3 is 9.64 Å². The van der Waals surface area contributed by atoms with Crippen LogP contribution in [0, 0.1) is 0 Å². The van der Waals surface area contributed by atoms with Gasteiger partial charge in [0.05, 0.1) is 16.3 Å². The molecule has 1 aromatic heterocycles. The molecular weight excluding hydrogens is 220 g/mol. The summed E-state index contributed by atoms with van der Waals surface area (Å²) in [6, 6.07) is 8.28. The lowest BCUT2D eigenvalue weighted by atomic mass is 10.2. The summed E-state index contributed by atoms with van der Waals surface area (Å²) in [4.78, 5) is 6.90. The van der Waals surface area contributed by atoms with Crippen LogP contribution in [0.25, 0.3) is 10.2 Å². The van der Waals surface area contributed by atoms with Crippen molar-refractivity contribution in [3.05, 3.63) is 24.3 Å². The number of nitrogens with zero attached hydrogens (tertiary/aromatic N) is 2. The third-order valence-electron chi connectivity index (χ3n) is 2.80. The summed E-state index contributed by atoms with van der Waals surface area (Å²) < 4.78 is 6.80. The van der Waals surface area contributed by atoms with Crippen molar-refractivity contribution in [2.75, 3.05) is 24.6 Å². The Morgan fingerprint density at radius 1 is 1.44 bits per heavy atom. The van der Waals surface area contributed by atoms with Crippen molar-refractivity contribution in [3.8, 4) is 0 Å². The lowest BCUT2D eigenvalue weighted by Gasteiger charge is -2.38. The number of benzene rings is 1. The van der Waals surface area contributed by atoms with Crippen molar-refractivity contribution in [2.45, 2.75) is 13.0 Å². The smallest absolute Gasteiger partial charge is 0.186 e. The number of aromatic nitrogens is 1. The summed E-state index contributed by atoms with van der Waals surface area (Å²) in [6.07, 6.45) is 0.400. The van der Waals surface area contributed by atoms with Crippen molar-refractivity contribution in [3.63, 3.8) is 0 Å². The zero-order valence-electron chi connectivity index (χ0n) is 9.22. The predicted octanol–water partition coefficient (Wildman–Crippen LogP) is 2.52. The summed E-state index contributed by atoms with van der Waals surface area (Å²) in [5, 5.41) is 1.12. The van der Waals surface area contributed by atoms with Gasteiger partial charge in [-0.1, -0.05) is 23.5 Å². The number of rotatable bonds is 3. The molecule has 2 aromatic rings. The molecule has 0 bridgehead atoms. The van der Waals surface area contributed by atoms with E-state index in [0.717, 1.165) is 30.3 Å². The number of anilines is 1. The van der Waals surface area contributed by atoms with Crippen molar-refractivity contribution < 1.29 is 4.74 Å². The van der Waals surface area contributed by atoms with Crippen molar-refractivity contribution >= 4 is 26.7 Å². The highest BCUT2D eigenvalue weighted by Crippen LogP contribution is 2.31. The molecule has 1 aliphatic heterocycles. The fraction of sp³-hybridized carbons (Fsp3) is 0.417. The van der Waals surface area contributed by atoms with E-state index in [2.05, 4.69) is 28.1 Å². The van der Waals surface area contributed by atoms with E-state index >= 15 is 0 Å². The maximum atomic E-state index is 5.54.